The van der Waals surface area contributed by atoms with Gasteiger partial charge < -0.3 is 4.90 Å². The lowest BCUT2D eigenvalue weighted by Crippen LogP contribution is -2.45. The van der Waals surface area contributed by atoms with Gasteiger partial charge in [0, 0.05) is 43.3 Å². The molecule has 0 amide bonds. The third kappa shape index (κ3) is 3.87. The summed E-state index contributed by atoms with van der Waals surface area (Å²) in [7, 11) is -1.75. The first-order chi connectivity index (χ1) is 14.8. The average Bonchev–Trinajstić information content (AvgIpc) is 3.16. The molecule has 1 aliphatic rings. The second-order valence-corrected chi connectivity index (χ2v) is 10.2. The van der Waals surface area contributed by atoms with E-state index in [1.54, 1.807) is 18.3 Å². The van der Waals surface area contributed by atoms with Crippen LogP contribution in [0.15, 0.2) is 59.6 Å². The Morgan fingerprint density at radius 2 is 1.58 bits per heavy atom. The predicted molar refractivity (Wildman–Crippen MR) is 122 cm³/mol. The topological polar surface area (TPSA) is 69.3 Å². The van der Waals surface area contributed by atoms with Gasteiger partial charge in [-0.1, -0.05) is 50.2 Å². The van der Waals surface area contributed by atoms with Gasteiger partial charge in [-0.25, -0.2) is 12.4 Å². The van der Waals surface area contributed by atoms with E-state index >= 15 is 0 Å². The summed E-state index contributed by atoms with van der Waals surface area (Å²) < 4.78 is 28.9. The lowest BCUT2D eigenvalue weighted by molar-refractivity contribution is 0.133. The van der Waals surface area contributed by atoms with Crippen LogP contribution in [0.5, 0.6) is 0 Å². The van der Waals surface area contributed by atoms with Crippen molar-refractivity contribution in [3.8, 4) is 6.07 Å². The molecule has 0 saturated carbocycles. The fourth-order valence-electron chi connectivity index (χ4n) is 4.32. The number of hydrogen-bond acceptors (Lipinski definition) is 5. The van der Waals surface area contributed by atoms with Crippen LogP contribution in [0.1, 0.15) is 36.9 Å². The highest BCUT2D eigenvalue weighted by molar-refractivity contribution is 7.90. The summed E-state index contributed by atoms with van der Waals surface area (Å²) in [6.07, 6.45) is 1.66. The zero-order valence-corrected chi connectivity index (χ0v) is 19.0. The van der Waals surface area contributed by atoms with E-state index < -0.39 is 16.1 Å². The van der Waals surface area contributed by atoms with Crippen molar-refractivity contribution in [2.24, 2.45) is 0 Å². The van der Waals surface area contributed by atoms with Crippen LogP contribution in [0.25, 0.3) is 10.9 Å². The second kappa shape index (κ2) is 8.46. The fraction of sp³-hybridized carbons (Fsp3) is 0.375. The van der Waals surface area contributed by atoms with Gasteiger partial charge in [0.25, 0.3) is 10.0 Å². The van der Waals surface area contributed by atoms with Crippen molar-refractivity contribution < 1.29 is 8.42 Å². The molecule has 0 radical (unpaired) electrons. The Morgan fingerprint density at radius 3 is 2.26 bits per heavy atom. The number of likely N-dealkylation sites (N-methyl/N-ethyl adjacent to an activating group) is 1. The van der Waals surface area contributed by atoms with E-state index in [0.717, 1.165) is 42.7 Å². The van der Waals surface area contributed by atoms with Crippen molar-refractivity contribution in [3.63, 3.8) is 0 Å². The molecule has 0 unspecified atom stereocenters. The van der Waals surface area contributed by atoms with Crippen LogP contribution in [-0.4, -0.2) is 55.4 Å². The summed E-state index contributed by atoms with van der Waals surface area (Å²) in [6, 6.07) is 16.5. The Morgan fingerprint density at radius 1 is 0.935 bits per heavy atom. The van der Waals surface area contributed by atoms with Crippen LogP contribution in [-0.2, 0) is 10.0 Å². The van der Waals surface area contributed by atoms with Crippen LogP contribution >= 0.6 is 0 Å². The molecule has 7 heteroatoms. The summed E-state index contributed by atoms with van der Waals surface area (Å²) in [5, 5.41) is 10.8. The zero-order chi connectivity index (χ0) is 22.2. The van der Waals surface area contributed by atoms with Crippen molar-refractivity contribution in [2.45, 2.75) is 30.7 Å². The number of aromatic nitrogens is 1. The van der Waals surface area contributed by atoms with Gasteiger partial charge in [-0.05, 0) is 30.7 Å². The lowest BCUT2D eigenvalue weighted by atomic mass is 10.0. The highest BCUT2D eigenvalue weighted by Crippen LogP contribution is 2.34. The lowest BCUT2D eigenvalue weighted by Gasteiger charge is -2.35. The first-order valence-electron chi connectivity index (χ1n) is 10.6. The van der Waals surface area contributed by atoms with Crippen molar-refractivity contribution in [2.75, 3.05) is 33.2 Å². The quantitative estimate of drug-likeness (QED) is 0.608. The van der Waals surface area contributed by atoms with Crippen LogP contribution in [0.4, 0.5) is 0 Å². The molecule has 1 aliphatic heterocycles. The summed E-state index contributed by atoms with van der Waals surface area (Å²) in [6.45, 7) is 7.31. The van der Waals surface area contributed by atoms with Crippen molar-refractivity contribution in [1.29, 1.82) is 5.26 Å². The number of hydrogen-bond donors (Lipinski definition) is 0. The number of fused-ring (bicyclic) bond motifs is 1. The zero-order valence-electron chi connectivity index (χ0n) is 18.2. The summed E-state index contributed by atoms with van der Waals surface area (Å²) in [4.78, 5) is 4.69. The molecule has 3 aromatic rings. The molecule has 162 valence electrons. The Labute approximate surface area is 184 Å². The van der Waals surface area contributed by atoms with Crippen LogP contribution in [0, 0.1) is 11.3 Å². The number of piperazine rings is 1. The van der Waals surface area contributed by atoms with Crippen LogP contribution in [0.2, 0.25) is 0 Å². The first kappa shape index (κ1) is 21.6. The SMILES string of the molecule is CC(C)c1ccccc1S(=O)(=O)n1cc([C@H](C#N)N2CCN(C)CC2)c2ccccc21. The molecule has 0 bridgehead atoms. The van der Waals surface area contributed by atoms with E-state index in [2.05, 4.69) is 22.9 Å². The van der Waals surface area contributed by atoms with E-state index in [0.29, 0.717) is 10.4 Å². The molecule has 31 heavy (non-hydrogen) atoms. The molecule has 2 aromatic carbocycles. The Balaban J connectivity index is 1.87. The highest BCUT2D eigenvalue weighted by atomic mass is 32.2. The fourth-order valence-corrected chi connectivity index (χ4v) is 6.05. The molecule has 0 spiro atoms. The van der Waals surface area contributed by atoms with Crippen LogP contribution < -0.4 is 0 Å². The van der Waals surface area contributed by atoms with Gasteiger partial charge in [-0.2, -0.15) is 5.26 Å². The number of nitrogens with zero attached hydrogens (tertiary/aromatic N) is 4. The van der Waals surface area contributed by atoms with E-state index in [-0.39, 0.29) is 5.92 Å². The molecule has 6 nitrogen and oxygen atoms in total. The highest BCUT2D eigenvalue weighted by Gasteiger charge is 2.30. The largest absolute Gasteiger partial charge is 0.304 e. The summed E-state index contributed by atoms with van der Waals surface area (Å²) >= 11 is 0. The molecular formula is C24H28N4O2S. The molecule has 1 fully saturated rings. The molecule has 1 aromatic heterocycles. The molecule has 4 rings (SSSR count). The maximum atomic E-state index is 13.8. The van der Waals surface area contributed by atoms with Crippen molar-refractivity contribution in [3.05, 3.63) is 65.9 Å². The Hall–Kier alpha value is -2.66. The van der Waals surface area contributed by atoms with Crippen molar-refractivity contribution >= 4 is 20.9 Å². The minimum atomic E-state index is -3.82. The minimum absolute atomic E-state index is 0.0736. The van der Waals surface area contributed by atoms with Crippen LogP contribution in [0.3, 0.4) is 0 Å². The predicted octanol–water partition coefficient (Wildman–Crippen LogP) is 3.81. The van der Waals surface area contributed by atoms with Gasteiger partial charge in [0.1, 0.15) is 6.04 Å². The van der Waals surface area contributed by atoms with E-state index in [1.165, 1.54) is 3.97 Å². The molecule has 1 atom stereocenters. The number of nitriles is 1. The standard InChI is InChI=1S/C24H28N4O2S/c1-18(2)19-8-5-7-11-24(19)31(29,30)28-17-21(20-9-4-6-10-22(20)28)23(16-25)27-14-12-26(3)13-15-27/h4-11,17-18,23H,12-15H2,1-3H3/t23-/m0/s1. The van der Waals surface area contributed by atoms with Gasteiger partial charge in [0.2, 0.25) is 0 Å². The Bertz CT molecular complexity index is 1230. The third-order valence-electron chi connectivity index (χ3n) is 6.11. The third-order valence-corrected chi connectivity index (χ3v) is 7.85. The molecule has 0 N–H and O–H groups in total. The number of benzene rings is 2. The monoisotopic (exact) mass is 436 g/mol. The van der Waals surface area contributed by atoms with E-state index in [9.17, 15) is 13.7 Å². The van der Waals surface area contributed by atoms with Gasteiger partial charge in [0.15, 0.2) is 0 Å². The Kier molecular flexibility index (Phi) is 5.89. The average molecular weight is 437 g/mol. The summed E-state index contributed by atoms with van der Waals surface area (Å²) in [5.41, 5.74) is 2.14. The second-order valence-electron chi connectivity index (χ2n) is 8.47. The normalized spacial score (nSPS) is 17.1. The number of rotatable bonds is 5. The smallest absolute Gasteiger partial charge is 0.268 e. The van der Waals surface area contributed by atoms with Crippen molar-refractivity contribution in [1.82, 2.24) is 13.8 Å². The molecule has 0 aliphatic carbocycles. The minimum Gasteiger partial charge on any atom is -0.304 e. The number of para-hydroxylation sites is 1. The van der Waals surface area contributed by atoms with E-state index in [4.69, 9.17) is 0 Å². The molecular weight excluding hydrogens is 408 g/mol. The molecule has 1 saturated heterocycles. The molecule has 2 heterocycles. The van der Waals surface area contributed by atoms with Gasteiger partial charge in [0.05, 0.1) is 16.5 Å². The maximum absolute atomic E-state index is 13.8. The maximum Gasteiger partial charge on any atom is 0.268 e. The van der Waals surface area contributed by atoms with E-state index in [1.807, 2.05) is 50.2 Å². The first-order valence-corrected chi connectivity index (χ1v) is 12.0. The van der Waals surface area contributed by atoms with Gasteiger partial charge in [-0.3, -0.25) is 4.90 Å². The van der Waals surface area contributed by atoms with Gasteiger partial charge >= 0.3 is 0 Å². The summed E-state index contributed by atoms with van der Waals surface area (Å²) in [5.74, 6) is 0.0736. The van der Waals surface area contributed by atoms with Gasteiger partial charge in [-0.15, -0.1) is 0 Å².